The summed E-state index contributed by atoms with van der Waals surface area (Å²) in [6.45, 7) is 2.01. The molecule has 2 aromatic carbocycles. The van der Waals surface area contributed by atoms with Crippen LogP contribution in [0, 0.1) is 0 Å². The molecular formula is C27H24N4S. The number of nitrogens with one attached hydrogen (secondary N) is 1. The summed E-state index contributed by atoms with van der Waals surface area (Å²) in [5.41, 5.74) is 4.37. The monoisotopic (exact) mass is 436 g/mol. The molecule has 0 saturated heterocycles. The largest absolute Gasteiger partial charge is 0.355 e. The van der Waals surface area contributed by atoms with E-state index in [4.69, 9.17) is 0 Å². The number of para-hydroxylation sites is 2. The summed E-state index contributed by atoms with van der Waals surface area (Å²) in [5.74, 6) is 0. The first-order valence-electron chi connectivity index (χ1n) is 10.3. The molecule has 6 aromatic rings. The molecule has 4 heterocycles. The Morgan fingerprint density at radius 1 is 0.750 bits per heavy atom. The fraction of sp³-hybridized carbons (Fsp3) is 0.0741. The van der Waals surface area contributed by atoms with E-state index in [1.807, 2.05) is 49.2 Å². The first kappa shape index (κ1) is 21.5. The lowest BCUT2D eigenvalue weighted by atomic mass is 10.2. The lowest BCUT2D eigenvalue weighted by molar-refractivity contribution is 1.32. The molecule has 0 unspecified atom stereocenters. The number of benzene rings is 2. The fourth-order valence-corrected chi connectivity index (χ4v) is 3.73. The smallest absolute Gasteiger partial charge is 0.0740 e. The number of fused-ring (bicyclic) bond motifs is 5. The van der Waals surface area contributed by atoms with Crippen LogP contribution >= 0.6 is 11.8 Å². The molecule has 0 fully saturated rings. The Hall–Kier alpha value is -3.70. The van der Waals surface area contributed by atoms with E-state index in [9.17, 15) is 0 Å². The second-order valence-electron chi connectivity index (χ2n) is 7.05. The number of hydrogen-bond acceptors (Lipinski definition) is 4. The van der Waals surface area contributed by atoms with Crippen LogP contribution < -0.4 is 0 Å². The second-order valence-corrected chi connectivity index (χ2v) is 7.79. The van der Waals surface area contributed by atoms with Crippen LogP contribution in [0.4, 0.5) is 0 Å². The topological polar surface area (TPSA) is 54.5 Å². The molecule has 0 bridgehead atoms. The minimum atomic E-state index is 0.971. The van der Waals surface area contributed by atoms with Crippen molar-refractivity contribution in [2.45, 2.75) is 6.92 Å². The van der Waals surface area contributed by atoms with E-state index in [0.29, 0.717) is 0 Å². The summed E-state index contributed by atoms with van der Waals surface area (Å²) in [6, 6.07) is 22.6. The van der Waals surface area contributed by atoms with Crippen molar-refractivity contribution in [1.82, 2.24) is 19.9 Å². The van der Waals surface area contributed by atoms with Gasteiger partial charge in [0, 0.05) is 57.4 Å². The first-order chi connectivity index (χ1) is 15.8. The molecule has 0 saturated carbocycles. The molecule has 0 aliphatic carbocycles. The average Bonchev–Trinajstić information content (AvgIpc) is 3.23. The molecule has 4 aromatic heterocycles. The Morgan fingerprint density at radius 2 is 1.28 bits per heavy atom. The highest BCUT2D eigenvalue weighted by Crippen LogP contribution is 2.24. The van der Waals surface area contributed by atoms with E-state index in [2.05, 4.69) is 74.5 Å². The molecule has 4 nitrogen and oxygen atoms in total. The molecule has 5 heteroatoms. The van der Waals surface area contributed by atoms with Crippen LogP contribution in [0.15, 0.2) is 103 Å². The van der Waals surface area contributed by atoms with E-state index in [-0.39, 0.29) is 0 Å². The second kappa shape index (κ2) is 10.6. The van der Waals surface area contributed by atoms with E-state index < -0.39 is 0 Å². The Labute approximate surface area is 191 Å². The molecule has 1 N–H and O–H groups in total. The van der Waals surface area contributed by atoms with Crippen molar-refractivity contribution >= 4 is 55.4 Å². The number of thioether (sulfide) groups is 1. The van der Waals surface area contributed by atoms with Crippen molar-refractivity contribution in [1.29, 1.82) is 0 Å². The molecule has 0 aliphatic rings. The minimum absolute atomic E-state index is 0.971. The molecule has 158 valence electrons. The Balaban J connectivity index is 0.000000128. The molecule has 6 rings (SSSR count). The number of aromatic amines is 1. The molecule has 0 amide bonds. The lowest BCUT2D eigenvalue weighted by Gasteiger charge is -1.99. The predicted octanol–water partition coefficient (Wildman–Crippen LogP) is 7.38. The maximum absolute atomic E-state index is 4.50. The van der Waals surface area contributed by atoms with Gasteiger partial charge in [-0.25, -0.2) is 4.98 Å². The van der Waals surface area contributed by atoms with Crippen LogP contribution in [0.5, 0.6) is 0 Å². The summed E-state index contributed by atoms with van der Waals surface area (Å²) in [6.07, 6.45) is 11.2. The van der Waals surface area contributed by atoms with Gasteiger partial charge in [-0.15, -0.1) is 11.8 Å². The van der Waals surface area contributed by atoms with Gasteiger partial charge in [-0.2, -0.15) is 0 Å². The fourth-order valence-electron chi connectivity index (χ4n) is 3.46. The van der Waals surface area contributed by atoms with Crippen LogP contribution in [0.3, 0.4) is 0 Å². The predicted molar refractivity (Wildman–Crippen MR) is 139 cm³/mol. The summed E-state index contributed by atoms with van der Waals surface area (Å²) in [4.78, 5) is 16.0. The summed E-state index contributed by atoms with van der Waals surface area (Å²) < 4.78 is 0. The van der Waals surface area contributed by atoms with Gasteiger partial charge in [-0.3, -0.25) is 9.97 Å². The molecular weight excluding hydrogens is 412 g/mol. The van der Waals surface area contributed by atoms with Crippen molar-refractivity contribution < 1.29 is 0 Å². The van der Waals surface area contributed by atoms with Gasteiger partial charge < -0.3 is 4.98 Å². The first-order valence-corrected chi connectivity index (χ1v) is 11.6. The highest BCUT2D eigenvalue weighted by atomic mass is 32.2. The Bertz CT molecular complexity index is 1330. The van der Waals surface area contributed by atoms with Crippen molar-refractivity contribution in [3.63, 3.8) is 0 Å². The molecule has 0 spiro atoms. The van der Waals surface area contributed by atoms with Crippen LogP contribution in [-0.2, 0) is 0 Å². The van der Waals surface area contributed by atoms with Gasteiger partial charge in [-0.05, 0) is 48.9 Å². The minimum Gasteiger partial charge on any atom is -0.355 e. The van der Waals surface area contributed by atoms with Crippen LogP contribution in [0.2, 0.25) is 0 Å². The molecule has 32 heavy (non-hydrogen) atoms. The third-order valence-electron chi connectivity index (χ3n) is 4.89. The van der Waals surface area contributed by atoms with E-state index in [1.54, 1.807) is 24.2 Å². The average molecular weight is 437 g/mol. The summed E-state index contributed by atoms with van der Waals surface area (Å²) in [5, 5.41) is 6.75. The van der Waals surface area contributed by atoms with Crippen LogP contribution in [0.1, 0.15) is 6.92 Å². The van der Waals surface area contributed by atoms with Gasteiger partial charge in [0.15, 0.2) is 0 Å². The van der Waals surface area contributed by atoms with Crippen molar-refractivity contribution in [2.24, 2.45) is 0 Å². The lowest BCUT2D eigenvalue weighted by Crippen LogP contribution is -1.83. The quantitative estimate of drug-likeness (QED) is 0.273. The molecule has 0 radical (unpaired) electrons. The number of H-pyrrole nitrogens is 1. The maximum atomic E-state index is 4.50. The van der Waals surface area contributed by atoms with E-state index in [1.165, 1.54) is 21.8 Å². The zero-order valence-electron chi connectivity index (χ0n) is 18.1. The van der Waals surface area contributed by atoms with Gasteiger partial charge in [0.25, 0.3) is 0 Å². The highest BCUT2D eigenvalue weighted by molar-refractivity contribution is 8.01. The van der Waals surface area contributed by atoms with E-state index in [0.717, 1.165) is 21.8 Å². The van der Waals surface area contributed by atoms with Gasteiger partial charge in [-0.1, -0.05) is 42.5 Å². The summed E-state index contributed by atoms with van der Waals surface area (Å²) >= 11 is 1.72. The number of hydrogen-bond donors (Lipinski definition) is 1. The standard InChI is InChI=1S/C12H9N.C11H7N3.C4H8S/c1-3-7-11-9(5-1)10-6-2-4-8-12(10)13-11;1-3-12-6-8-5-9-7-13-4-2-11(9)14-10(1)8;1-3-4-5-2/h1-8,13H;1-7H;3-4H,1-2H3/b;;4-3-. The zero-order valence-corrected chi connectivity index (χ0v) is 18.9. The van der Waals surface area contributed by atoms with Crippen LogP contribution in [-0.4, -0.2) is 26.2 Å². The van der Waals surface area contributed by atoms with Crippen molar-refractivity contribution in [3.05, 3.63) is 103 Å². The number of allylic oxidation sites excluding steroid dienone is 1. The number of nitrogens with zero attached hydrogens (tertiary/aromatic N) is 3. The zero-order chi connectivity index (χ0) is 22.2. The third-order valence-corrected chi connectivity index (χ3v) is 5.44. The highest BCUT2D eigenvalue weighted by Gasteiger charge is 2.00. The van der Waals surface area contributed by atoms with Crippen LogP contribution in [0.25, 0.3) is 43.6 Å². The Morgan fingerprint density at radius 3 is 1.75 bits per heavy atom. The number of rotatable bonds is 1. The maximum Gasteiger partial charge on any atom is 0.0740 e. The van der Waals surface area contributed by atoms with Gasteiger partial charge in [0.2, 0.25) is 0 Å². The van der Waals surface area contributed by atoms with Gasteiger partial charge in [0.05, 0.1) is 11.0 Å². The molecule has 0 atom stereocenters. The van der Waals surface area contributed by atoms with Gasteiger partial charge >= 0.3 is 0 Å². The molecule has 0 aliphatic heterocycles. The van der Waals surface area contributed by atoms with Crippen molar-refractivity contribution in [2.75, 3.05) is 6.26 Å². The number of pyridine rings is 3. The third kappa shape index (κ3) is 4.95. The summed E-state index contributed by atoms with van der Waals surface area (Å²) in [7, 11) is 0. The number of aromatic nitrogens is 4. The van der Waals surface area contributed by atoms with E-state index >= 15 is 0 Å². The van der Waals surface area contributed by atoms with Crippen molar-refractivity contribution in [3.8, 4) is 0 Å². The Kier molecular flexibility index (Phi) is 7.10. The normalized spacial score (nSPS) is 10.8. The SMILES string of the molecule is C/C=C\SC.c1cc2nc3ccncc3cc2cn1.c1ccc2c(c1)[nH]c1ccccc12. The van der Waals surface area contributed by atoms with Gasteiger partial charge in [0.1, 0.15) is 0 Å².